The molecule has 0 saturated heterocycles. The van der Waals surface area contributed by atoms with E-state index in [9.17, 15) is 19.2 Å². The molecule has 61 heavy (non-hydrogen) atoms. The zero-order valence-corrected chi connectivity index (χ0v) is 34.0. The van der Waals surface area contributed by atoms with Crippen LogP contribution < -0.4 is 44.7 Å². The summed E-state index contributed by atoms with van der Waals surface area (Å²) in [5.74, 6) is 0.361. The summed E-state index contributed by atoms with van der Waals surface area (Å²) < 4.78 is 24.3. The van der Waals surface area contributed by atoms with E-state index in [1.54, 1.807) is 34.1 Å². The lowest BCUT2D eigenvalue weighted by atomic mass is 10.1. The highest BCUT2D eigenvalue weighted by Crippen LogP contribution is 2.43. The van der Waals surface area contributed by atoms with E-state index in [1.165, 1.54) is 14.2 Å². The molecule has 0 saturated carbocycles. The van der Waals surface area contributed by atoms with Gasteiger partial charge in [-0.3, -0.25) is 34.0 Å². The molecular formula is C47H44N6O8. The van der Waals surface area contributed by atoms with Gasteiger partial charge in [-0.15, -0.1) is 0 Å². The zero-order valence-electron chi connectivity index (χ0n) is 34.0. The van der Waals surface area contributed by atoms with Crippen LogP contribution in [0.2, 0.25) is 0 Å². The number of hydrogen-bond acceptors (Lipinski definition) is 10. The van der Waals surface area contributed by atoms with E-state index in [0.717, 1.165) is 39.3 Å². The molecule has 14 nitrogen and oxygen atoms in total. The van der Waals surface area contributed by atoms with Gasteiger partial charge in [0.25, 0.3) is 11.8 Å². The molecule has 4 heterocycles. The van der Waals surface area contributed by atoms with Gasteiger partial charge < -0.3 is 34.9 Å². The van der Waals surface area contributed by atoms with Gasteiger partial charge in [-0.25, -0.2) is 0 Å². The number of carbonyl (C=O) groups is 4. The lowest BCUT2D eigenvalue weighted by Gasteiger charge is -2.22. The second kappa shape index (κ2) is 16.0. The molecule has 0 aliphatic carbocycles. The minimum atomic E-state index is -0.673. The number of rotatable bonds is 13. The van der Waals surface area contributed by atoms with Gasteiger partial charge in [0.2, 0.25) is 11.8 Å². The van der Waals surface area contributed by atoms with Crippen LogP contribution in [0.25, 0.3) is 0 Å². The van der Waals surface area contributed by atoms with Gasteiger partial charge in [0.05, 0.1) is 42.8 Å². The van der Waals surface area contributed by atoms with E-state index >= 15 is 0 Å². The highest BCUT2D eigenvalue weighted by atomic mass is 16.5. The number of benzene rings is 5. The predicted octanol–water partition coefficient (Wildman–Crippen LogP) is 6.37. The number of methoxy groups -OCH3 is 2. The summed E-state index contributed by atoms with van der Waals surface area (Å²) in [7, 11) is 4.96. The fourth-order valence-corrected chi connectivity index (χ4v) is 8.57. The van der Waals surface area contributed by atoms with E-state index in [2.05, 4.69) is 5.32 Å². The van der Waals surface area contributed by atoms with Crippen molar-refractivity contribution < 1.29 is 38.1 Å². The number of nitrogens with one attached hydrogen (secondary N) is 1. The molecule has 0 bridgehead atoms. The number of fused-ring (bicyclic) bond motifs is 8. The Morgan fingerprint density at radius 2 is 1.38 bits per heavy atom. The Balaban J connectivity index is 0.978. The Hall–Kier alpha value is -7.35. The molecule has 2 atom stereocenters. The van der Waals surface area contributed by atoms with Crippen molar-refractivity contribution in [1.29, 1.82) is 0 Å². The first-order valence-electron chi connectivity index (χ1n) is 20.1. The summed E-state index contributed by atoms with van der Waals surface area (Å²) in [5, 5.41) is 2.96. The molecule has 0 spiro atoms. The van der Waals surface area contributed by atoms with E-state index in [1.807, 2.05) is 84.9 Å². The molecule has 3 N–H and O–H groups in total. The molecule has 4 amide bonds. The third-order valence-electron chi connectivity index (χ3n) is 11.6. The topological polar surface area (TPSA) is 165 Å². The van der Waals surface area contributed by atoms with Gasteiger partial charge in [0, 0.05) is 68.3 Å². The van der Waals surface area contributed by atoms with E-state index < -0.39 is 6.04 Å². The van der Waals surface area contributed by atoms with Crippen molar-refractivity contribution in [3.05, 3.63) is 124 Å². The minimum absolute atomic E-state index is 0.0922. The molecule has 0 unspecified atom stereocenters. The largest absolute Gasteiger partial charge is 0.493 e. The molecule has 0 radical (unpaired) electrons. The fraction of sp³-hybridized carbons (Fsp3) is 0.255. The first kappa shape index (κ1) is 39.1. The summed E-state index contributed by atoms with van der Waals surface area (Å²) in [6, 6.07) is 27.1. The maximum atomic E-state index is 14.0. The van der Waals surface area contributed by atoms with Crippen LogP contribution in [0.5, 0.6) is 23.0 Å². The molecule has 0 fully saturated rings. The van der Waals surface area contributed by atoms with E-state index in [-0.39, 0.29) is 49.3 Å². The molecule has 9 rings (SSSR count). The van der Waals surface area contributed by atoms with Crippen LogP contribution in [-0.4, -0.2) is 69.7 Å². The number of ether oxygens (including phenoxy) is 4. The van der Waals surface area contributed by atoms with Crippen LogP contribution in [-0.2, 0) is 35.6 Å². The first-order chi connectivity index (χ1) is 29.6. The Morgan fingerprint density at radius 3 is 2.05 bits per heavy atom. The zero-order chi connectivity index (χ0) is 42.4. The van der Waals surface area contributed by atoms with Gasteiger partial charge in [-0.1, -0.05) is 36.4 Å². The molecule has 4 aliphatic heterocycles. The second-order valence-corrected chi connectivity index (χ2v) is 15.5. The highest BCUT2D eigenvalue weighted by Gasteiger charge is 2.42. The van der Waals surface area contributed by atoms with E-state index in [0.29, 0.717) is 71.3 Å². The summed E-state index contributed by atoms with van der Waals surface area (Å²) in [6.07, 6.45) is 3.73. The normalized spacial score (nSPS) is 16.9. The van der Waals surface area contributed by atoms with Crippen molar-refractivity contribution in [3.63, 3.8) is 0 Å². The van der Waals surface area contributed by atoms with Crippen molar-refractivity contribution in [2.75, 3.05) is 47.8 Å². The number of aliphatic imine (C=N–C) groups is 1. The third-order valence-corrected chi connectivity index (χ3v) is 11.6. The SMILES string of the molecule is COc1cc2c(cc1OCc1cc(COc3cc4c(cc3OC)C(=O)N3c5ccccc5C[C@H]3C(=O)N4)cc(N(C)CCCC(N)=O)c1)N=C[C@@H]1Cc3ccccc3N1C2=O. The highest BCUT2D eigenvalue weighted by molar-refractivity contribution is 6.20. The number of hydrogen-bond donors (Lipinski definition) is 2. The number of amides is 4. The number of para-hydroxylation sites is 2. The maximum absolute atomic E-state index is 14.0. The fourth-order valence-electron chi connectivity index (χ4n) is 8.57. The average Bonchev–Trinajstić information content (AvgIpc) is 3.78. The van der Waals surface area contributed by atoms with Crippen LogP contribution in [0.4, 0.5) is 28.4 Å². The van der Waals surface area contributed by atoms with Gasteiger partial charge >= 0.3 is 0 Å². The number of carbonyl (C=O) groups excluding carboxylic acids is 4. The first-order valence-corrected chi connectivity index (χ1v) is 20.1. The number of nitrogens with two attached hydrogens (primary N) is 1. The lowest BCUT2D eigenvalue weighted by molar-refractivity contribution is -0.118. The number of primary amides is 1. The van der Waals surface area contributed by atoms with Crippen molar-refractivity contribution in [3.8, 4) is 23.0 Å². The molecule has 4 aliphatic rings. The summed E-state index contributed by atoms with van der Waals surface area (Å²) >= 11 is 0. The third kappa shape index (κ3) is 7.34. The Labute approximate surface area is 352 Å². The molecule has 0 aromatic heterocycles. The van der Waals surface area contributed by atoms with Gasteiger partial charge in [-0.2, -0.15) is 0 Å². The Bertz CT molecular complexity index is 2640. The lowest BCUT2D eigenvalue weighted by Crippen LogP contribution is -2.42. The predicted molar refractivity (Wildman–Crippen MR) is 231 cm³/mol. The van der Waals surface area contributed by atoms with Crippen molar-refractivity contribution >= 4 is 58.3 Å². The Kier molecular flexibility index (Phi) is 10.3. The Morgan fingerprint density at radius 1 is 0.770 bits per heavy atom. The van der Waals surface area contributed by atoms with Crippen molar-refractivity contribution in [2.24, 2.45) is 10.7 Å². The average molecular weight is 821 g/mol. The van der Waals surface area contributed by atoms with Crippen molar-refractivity contribution in [2.45, 2.75) is 51.0 Å². The van der Waals surface area contributed by atoms with E-state index in [4.69, 9.17) is 29.7 Å². The van der Waals surface area contributed by atoms with Crippen LogP contribution in [0, 0.1) is 0 Å². The smallest absolute Gasteiger partial charge is 0.261 e. The molecule has 5 aromatic rings. The second-order valence-electron chi connectivity index (χ2n) is 15.5. The summed E-state index contributed by atoms with van der Waals surface area (Å²) in [6.45, 7) is 0.784. The van der Waals surface area contributed by atoms with Gasteiger partial charge in [-0.05, 0) is 71.1 Å². The summed E-state index contributed by atoms with van der Waals surface area (Å²) in [5.41, 5.74) is 13.0. The standard InChI is InChI=1S/C47H44N6O8/c1-51(14-8-13-44(48)54)31-16-27(25-60-42-22-35-33(20-40(42)58-2)46(56)52-32(24-49-35)18-29-9-4-6-11-37(29)52)15-28(17-31)26-61-43-23-36-34(21-41(43)59-3)47(57)53-38-12-7-5-10-30(38)19-39(53)45(55)50-36/h4-7,9-12,15-17,20-24,32,39H,8,13-14,18-19,25-26H2,1-3H3,(H2,48,54)(H,50,55)/t32-,39-/m0/s1. The maximum Gasteiger partial charge on any atom is 0.261 e. The molecule has 5 aromatic carbocycles. The van der Waals surface area contributed by atoms with Crippen LogP contribution in [0.15, 0.2) is 96.0 Å². The quantitative estimate of drug-likeness (QED) is 0.137. The van der Waals surface area contributed by atoms with Gasteiger partial charge in [0.1, 0.15) is 19.3 Å². The van der Waals surface area contributed by atoms with Crippen LogP contribution in [0.1, 0.15) is 55.8 Å². The molecular weight excluding hydrogens is 777 g/mol. The van der Waals surface area contributed by atoms with Crippen molar-refractivity contribution in [1.82, 2.24) is 0 Å². The molecule has 14 heteroatoms. The summed E-state index contributed by atoms with van der Waals surface area (Å²) in [4.78, 5) is 63.1. The minimum Gasteiger partial charge on any atom is -0.493 e. The number of nitrogens with zero attached hydrogens (tertiary/aromatic N) is 4. The molecule has 310 valence electrons. The van der Waals surface area contributed by atoms with Crippen LogP contribution >= 0.6 is 0 Å². The monoisotopic (exact) mass is 820 g/mol. The van der Waals surface area contributed by atoms with Gasteiger partial charge in [0.15, 0.2) is 23.0 Å². The van der Waals surface area contributed by atoms with Crippen LogP contribution in [0.3, 0.4) is 0 Å². The number of anilines is 4.